The van der Waals surface area contributed by atoms with Crippen molar-refractivity contribution in [2.24, 2.45) is 0 Å². The van der Waals surface area contributed by atoms with Crippen molar-refractivity contribution in [1.82, 2.24) is 0 Å². The highest BCUT2D eigenvalue weighted by Gasteiger charge is 2.15. The van der Waals surface area contributed by atoms with Crippen LogP contribution in [0.15, 0.2) is 36.4 Å². The zero-order valence-corrected chi connectivity index (χ0v) is 14.5. The van der Waals surface area contributed by atoms with E-state index in [2.05, 4.69) is 95.7 Å². The maximum Gasteiger partial charge on any atom is 0.0650 e. The van der Waals surface area contributed by atoms with Crippen LogP contribution in [0.1, 0.15) is 32.6 Å². The molecule has 0 aliphatic rings. The maximum atomic E-state index is 3.85. The quantitative estimate of drug-likeness (QED) is 0.436. The van der Waals surface area contributed by atoms with Gasteiger partial charge in [0.1, 0.15) is 0 Å². The van der Waals surface area contributed by atoms with E-state index in [1.165, 1.54) is 31.4 Å². The maximum absolute atomic E-state index is 3.85. The fourth-order valence-electron chi connectivity index (χ4n) is 2.42. The predicted octanol–water partition coefficient (Wildman–Crippen LogP) is 5.70. The molecular formula is C16H16BrI. The van der Waals surface area contributed by atoms with Gasteiger partial charge < -0.3 is 0 Å². The van der Waals surface area contributed by atoms with Crippen LogP contribution in [0.3, 0.4) is 0 Å². The van der Waals surface area contributed by atoms with Crippen molar-refractivity contribution in [1.29, 1.82) is 0 Å². The first kappa shape index (κ1) is 14.1. The van der Waals surface area contributed by atoms with E-state index in [0.29, 0.717) is 0 Å². The molecule has 94 valence electrons. The summed E-state index contributed by atoms with van der Waals surface area (Å²) in [6, 6.07) is 13.2. The number of benzene rings is 2. The molecule has 0 saturated carbocycles. The van der Waals surface area contributed by atoms with E-state index in [9.17, 15) is 0 Å². The molecule has 18 heavy (non-hydrogen) atoms. The third kappa shape index (κ3) is 2.97. The van der Waals surface area contributed by atoms with E-state index >= 15 is 0 Å². The molecule has 0 radical (unpaired) electrons. The van der Waals surface area contributed by atoms with Crippen LogP contribution in [-0.4, -0.2) is 0 Å². The van der Waals surface area contributed by atoms with Gasteiger partial charge in [0.05, 0.1) is 4.83 Å². The number of hydrogen-bond acceptors (Lipinski definition) is 0. The Kier molecular flexibility index (Phi) is 4.49. The number of aryl methyl sites for hydroxylation is 3. The third-order valence-electron chi connectivity index (χ3n) is 3.13. The van der Waals surface area contributed by atoms with Gasteiger partial charge in [0.2, 0.25) is 0 Å². The van der Waals surface area contributed by atoms with Gasteiger partial charge in [0.15, 0.2) is 0 Å². The zero-order valence-electron chi connectivity index (χ0n) is 10.8. The van der Waals surface area contributed by atoms with Crippen molar-refractivity contribution in [3.8, 4) is 0 Å². The summed E-state index contributed by atoms with van der Waals surface area (Å²) in [5.74, 6) is 0. The van der Waals surface area contributed by atoms with Crippen LogP contribution in [0.4, 0.5) is 0 Å². The Morgan fingerprint density at radius 3 is 2.17 bits per heavy atom. The molecule has 0 N–H and O–H groups in total. The molecule has 0 amide bonds. The first-order valence-electron chi connectivity index (χ1n) is 5.96. The Morgan fingerprint density at radius 2 is 1.61 bits per heavy atom. The van der Waals surface area contributed by atoms with Crippen LogP contribution >= 0.6 is 38.5 Å². The molecule has 0 aliphatic carbocycles. The topological polar surface area (TPSA) is 0 Å². The molecule has 2 aromatic rings. The van der Waals surface area contributed by atoms with E-state index in [-0.39, 0.29) is 4.83 Å². The highest BCUT2D eigenvalue weighted by Crippen LogP contribution is 2.35. The molecule has 1 unspecified atom stereocenters. The molecule has 0 bridgehead atoms. The molecular weight excluding hydrogens is 399 g/mol. The first-order valence-corrected chi connectivity index (χ1v) is 7.96. The largest absolute Gasteiger partial charge is 0.0786 e. The summed E-state index contributed by atoms with van der Waals surface area (Å²) in [7, 11) is 0. The Hall–Kier alpha value is -0.350. The van der Waals surface area contributed by atoms with E-state index in [4.69, 9.17) is 0 Å². The van der Waals surface area contributed by atoms with Crippen molar-refractivity contribution in [2.45, 2.75) is 25.6 Å². The molecule has 0 aromatic heterocycles. The average Bonchev–Trinajstić information content (AvgIpc) is 2.27. The van der Waals surface area contributed by atoms with Crippen molar-refractivity contribution >= 4 is 38.5 Å². The van der Waals surface area contributed by atoms with Gasteiger partial charge >= 0.3 is 0 Å². The molecule has 0 fully saturated rings. The van der Waals surface area contributed by atoms with Crippen LogP contribution in [0.2, 0.25) is 0 Å². The lowest BCUT2D eigenvalue weighted by atomic mass is 9.94. The zero-order chi connectivity index (χ0) is 13.3. The fourth-order valence-corrected chi connectivity index (χ4v) is 4.00. The molecule has 0 spiro atoms. The van der Waals surface area contributed by atoms with Gasteiger partial charge in [0, 0.05) is 3.57 Å². The van der Waals surface area contributed by atoms with Crippen molar-refractivity contribution in [2.75, 3.05) is 0 Å². The van der Waals surface area contributed by atoms with E-state index in [1.807, 2.05) is 0 Å². The van der Waals surface area contributed by atoms with Gasteiger partial charge in [-0.05, 0) is 77.7 Å². The first-order chi connectivity index (χ1) is 8.49. The highest BCUT2D eigenvalue weighted by molar-refractivity contribution is 14.1. The van der Waals surface area contributed by atoms with Crippen molar-refractivity contribution in [3.05, 3.63) is 67.8 Å². The minimum absolute atomic E-state index is 0.271. The second-order valence-electron chi connectivity index (χ2n) is 4.73. The lowest BCUT2D eigenvalue weighted by Gasteiger charge is -2.17. The van der Waals surface area contributed by atoms with Crippen LogP contribution in [0.5, 0.6) is 0 Å². The van der Waals surface area contributed by atoms with Gasteiger partial charge in [0.25, 0.3) is 0 Å². The monoisotopic (exact) mass is 414 g/mol. The number of alkyl halides is 1. The smallest absolute Gasteiger partial charge is 0.0650 e. The lowest BCUT2D eigenvalue weighted by molar-refractivity contribution is 1.10. The van der Waals surface area contributed by atoms with Crippen LogP contribution in [0.25, 0.3) is 0 Å². The Labute approximate surface area is 131 Å². The van der Waals surface area contributed by atoms with Gasteiger partial charge in [-0.15, -0.1) is 0 Å². The van der Waals surface area contributed by atoms with E-state index in [1.54, 1.807) is 0 Å². The number of hydrogen-bond donors (Lipinski definition) is 0. The standard InChI is InChI=1S/C16H16BrI/c1-10-7-11(2)15(12(3)8-10)16(17)13-5-4-6-14(18)9-13/h4-9,16H,1-3H3. The van der Waals surface area contributed by atoms with Gasteiger partial charge in [-0.25, -0.2) is 0 Å². The minimum atomic E-state index is 0.271. The SMILES string of the molecule is Cc1cc(C)c(C(Br)c2cccc(I)c2)c(C)c1. The molecule has 1 atom stereocenters. The third-order valence-corrected chi connectivity index (χ3v) is 4.79. The molecule has 0 saturated heterocycles. The Balaban J connectivity index is 2.49. The molecule has 0 aliphatic heterocycles. The number of halogens is 2. The fraction of sp³-hybridized carbons (Fsp3) is 0.250. The summed E-state index contributed by atoms with van der Waals surface area (Å²) in [5, 5.41) is 0. The lowest BCUT2D eigenvalue weighted by Crippen LogP contribution is -2.00. The second kappa shape index (κ2) is 5.74. The van der Waals surface area contributed by atoms with Crippen molar-refractivity contribution < 1.29 is 0 Å². The summed E-state index contributed by atoms with van der Waals surface area (Å²) < 4.78 is 1.27. The van der Waals surface area contributed by atoms with Crippen LogP contribution < -0.4 is 0 Å². The second-order valence-corrected chi connectivity index (χ2v) is 6.89. The Bertz CT molecular complexity index is 552. The molecule has 0 heterocycles. The Morgan fingerprint density at radius 1 is 1.00 bits per heavy atom. The normalized spacial score (nSPS) is 12.5. The van der Waals surface area contributed by atoms with Crippen LogP contribution in [0, 0.1) is 24.3 Å². The molecule has 2 rings (SSSR count). The highest BCUT2D eigenvalue weighted by atomic mass is 127. The average molecular weight is 415 g/mol. The minimum Gasteiger partial charge on any atom is -0.0786 e. The summed E-state index contributed by atoms with van der Waals surface area (Å²) >= 11 is 6.21. The summed E-state index contributed by atoms with van der Waals surface area (Å²) in [5.41, 5.74) is 6.75. The van der Waals surface area contributed by atoms with Gasteiger partial charge in [-0.1, -0.05) is 45.8 Å². The van der Waals surface area contributed by atoms with E-state index < -0.39 is 0 Å². The molecule has 2 aromatic carbocycles. The molecule has 2 heteroatoms. The number of rotatable bonds is 2. The van der Waals surface area contributed by atoms with Gasteiger partial charge in [-0.3, -0.25) is 0 Å². The molecule has 0 nitrogen and oxygen atoms in total. The summed E-state index contributed by atoms with van der Waals surface area (Å²) in [4.78, 5) is 0.271. The summed E-state index contributed by atoms with van der Waals surface area (Å²) in [6.45, 7) is 6.54. The van der Waals surface area contributed by atoms with E-state index in [0.717, 1.165) is 0 Å². The summed E-state index contributed by atoms with van der Waals surface area (Å²) in [6.07, 6.45) is 0. The van der Waals surface area contributed by atoms with Crippen LogP contribution in [-0.2, 0) is 0 Å². The van der Waals surface area contributed by atoms with Crippen molar-refractivity contribution in [3.63, 3.8) is 0 Å². The van der Waals surface area contributed by atoms with Gasteiger partial charge in [-0.2, -0.15) is 0 Å². The predicted molar refractivity (Wildman–Crippen MR) is 90.6 cm³/mol.